The van der Waals surface area contributed by atoms with Crippen molar-refractivity contribution in [2.45, 2.75) is 6.42 Å². The molecule has 1 N–H and O–H groups in total. The molecule has 20 heavy (non-hydrogen) atoms. The van der Waals surface area contributed by atoms with Gasteiger partial charge in [0.25, 0.3) is 5.91 Å². The van der Waals surface area contributed by atoms with Crippen LogP contribution in [0.2, 0.25) is 0 Å². The standard InChI is InChI=1S/C16H15NO3/c18-15(19)7-11-9-17(10-11)16(20)14-6-5-12-3-1-2-4-13(12)8-14/h1-6,8,11H,7,9-10H2,(H,18,19). The Labute approximate surface area is 116 Å². The average Bonchev–Trinajstić information content (AvgIpc) is 2.41. The second kappa shape index (κ2) is 4.96. The molecule has 1 aliphatic heterocycles. The normalized spacial score (nSPS) is 15.1. The van der Waals surface area contributed by atoms with E-state index >= 15 is 0 Å². The molecule has 0 aliphatic carbocycles. The maximum atomic E-state index is 12.3. The van der Waals surface area contributed by atoms with Crippen molar-refractivity contribution >= 4 is 22.6 Å². The Balaban J connectivity index is 1.72. The van der Waals surface area contributed by atoms with Crippen LogP contribution < -0.4 is 0 Å². The quantitative estimate of drug-likeness (QED) is 0.930. The number of likely N-dealkylation sites (tertiary alicyclic amines) is 1. The summed E-state index contributed by atoms with van der Waals surface area (Å²) in [4.78, 5) is 24.6. The lowest BCUT2D eigenvalue weighted by Crippen LogP contribution is -2.50. The molecule has 1 amide bonds. The minimum atomic E-state index is -0.798. The number of aliphatic carboxylic acids is 1. The van der Waals surface area contributed by atoms with Crippen molar-refractivity contribution in [1.82, 2.24) is 4.90 Å². The number of carbonyl (C=O) groups is 2. The van der Waals surface area contributed by atoms with Gasteiger partial charge in [0.1, 0.15) is 0 Å². The summed E-state index contributed by atoms with van der Waals surface area (Å²) in [6, 6.07) is 13.6. The van der Waals surface area contributed by atoms with Gasteiger partial charge in [0, 0.05) is 24.6 Å². The Bertz CT molecular complexity index is 674. The molecule has 0 unspecified atom stereocenters. The van der Waals surface area contributed by atoms with E-state index in [0.717, 1.165) is 10.8 Å². The van der Waals surface area contributed by atoms with Gasteiger partial charge in [-0.1, -0.05) is 30.3 Å². The Kier molecular flexibility index (Phi) is 3.14. The maximum Gasteiger partial charge on any atom is 0.303 e. The van der Waals surface area contributed by atoms with Crippen molar-refractivity contribution in [3.8, 4) is 0 Å². The van der Waals surface area contributed by atoms with Crippen LogP contribution >= 0.6 is 0 Å². The van der Waals surface area contributed by atoms with Crippen LogP contribution in [0.4, 0.5) is 0 Å². The first kappa shape index (κ1) is 12.7. The van der Waals surface area contributed by atoms with E-state index in [1.807, 2.05) is 42.5 Å². The Morgan fingerprint density at radius 3 is 2.50 bits per heavy atom. The zero-order chi connectivity index (χ0) is 14.1. The second-order valence-corrected chi connectivity index (χ2v) is 5.24. The molecule has 0 spiro atoms. The Hall–Kier alpha value is -2.36. The molecule has 3 rings (SSSR count). The van der Waals surface area contributed by atoms with Gasteiger partial charge in [0.15, 0.2) is 0 Å². The van der Waals surface area contributed by atoms with Crippen LogP contribution in [0.3, 0.4) is 0 Å². The zero-order valence-electron chi connectivity index (χ0n) is 11.0. The summed E-state index contributed by atoms with van der Waals surface area (Å²) >= 11 is 0. The first-order valence-corrected chi connectivity index (χ1v) is 6.63. The van der Waals surface area contributed by atoms with E-state index in [9.17, 15) is 9.59 Å². The molecule has 4 nitrogen and oxygen atoms in total. The molecule has 0 bridgehead atoms. The highest BCUT2D eigenvalue weighted by Gasteiger charge is 2.32. The van der Waals surface area contributed by atoms with Crippen LogP contribution in [-0.4, -0.2) is 35.0 Å². The van der Waals surface area contributed by atoms with E-state index < -0.39 is 5.97 Å². The fraction of sp³-hybridized carbons (Fsp3) is 0.250. The second-order valence-electron chi connectivity index (χ2n) is 5.24. The lowest BCUT2D eigenvalue weighted by atomic mass is 9.95. The Morgan fingerprint density at radius 2 is 1.80 bits per heavy atom. The third-order valence-corrected chi connectivity index (χ3v) is 3.70. The molecule has 2 aromatic rings. The first-order chi connectivity index (χ1) is 9.63. The number of rotatable bonds is 3. The number of amides is 1. The fourth-order valence-electron chi connectivity index (χ4n) is 2.62. The molecule has 1 aliphatic rings. The first-order valence-electron chi connectivity index (χ1n) is 6.63. The predicted octanol–water partition coefficient (Wildman–Crippen LogP) is 2.39. The van der Waals surface area contributed by atoms with Gasteiger partial charge >= 0.3 is 5.97 Å². The predicted molar refractivity (Wildman–Crippen MR) is 75.6 cm³/mol. The van der Waals surface area contributed by atoms with E-state index in [1.165, 1.54) is 0 Å². The number of carboxylic acid groups (broad SMARTS) is 1. The van der Waals surface area contributed by atoms with Crippen molar-refractivity contribution in [3.05, 3.63) is 48.0 Å². The minimum Gasteiger partial charge on any atom is -0.481 e. The minimum absolute atomic E-state index is 0.0163. The largest absolute Gasteiger partial charge is 0.481 e. The molecule has 102 valence electrons. The molecule has 1 saturated heterocycles. The van der Waals surface area contributed by atoms with Crippen molar-refractivity contribution in [3.63, 3.8) is 0 Å². The number of fused-ring (bicyclic) bond motifs is 1. The Morgan fingerprint density at radius 1 is 1.10 bits per heavy atom. The van der Waals surface area contributed by atoms with Crippen LogP contribution in [0.25, 0.3) is 10.8 Å². The van der Waals surface area contributed by atoms with Gasteiger partial charge in [-0.05, 0) is 22.9 Å². The summed E-state index contributed by atoms with van der Waals surface area (Å²) < 4.78 is 0. The molecule has 0 saturated carbocycles. The van der Waals surface area contributed by atoms with E-state index in [0.29, 0.717) is 18.7 Å². The summed E-state index contributed by atoms with van der Waals surface area (Å²) in [5.74, 6) is -0.720. The van der Waals surface area contributed by atoms with Gasteiger partial charge in [-0.15, -0.1) is 0 Å². The highest BCUT2D eigenvalue weighted by Crippen LogP contribution is 2.23. The summed E-state index contributed by atoms with van der Waals surface area (Å²) in [6.45, 7) is 1.08. The smallest absolute Gasteiger partial charge is 0.303 e. The maximum absolute atomic E-state index is 12.3. The topological polar surface area (TPSA) is 57.6 Å². The van der Waals surface area contributed by atoms with Gasteiger partial charge in [-0.25, -0.2) is 0 Å². The van der Waals surface area contributed by atoms with Crippen LogP contribution in [0.15, 0.2) is 42.5 Å². The molecule has 4 heteroatoms. The fourth-order valence-corrected chi connectivity index (χ4v) is 2.62. The lowest BCUT2D eigenvalue weighted by molar-refractivity contribution is -0.139. The summed E-state index contributed by atoms with van der Waals surface area (Å²) in [5, 5.41) is 10.9. The number of hydrogen-bond acceptors (Lipinski definition) is 2. The van der Waals surface area contributed by atoms with E-state index in [-0.39, 0.29) is 18.2 Å². The van der Waals surface area contributed by atoms with Crippen molar-refractivity contribution in [2.75, 3.05) is 13.1 Å². The molecule has 0 aromatic heterocycles. The van der Waals surface area contributed by atoms with E-state index in [2.05, 4.69) is 0 Å². The van der Waals surface area contributed by atoms with Crippen LogP contribution in [0.1, 0.15) is 16.8 Å². The molecule has 0 atom stereocenters. The summed E-state index contributed by atoms with van der Waals surface area (Å²) in [7, 11) is 0. The van der Waals surface area contributed by atoms with Crippen molar-refractivity contribution in [1.29, 1.82) is 0 Å². The summed E-state index contributed by atoms with van der Waals surface area (Å²) in [6.07, 6.45) is 0.140. The van der Waals surface area contributed by atoms with Gasteiger partial charge in [0.05, 0.1) is 6.42 Å². The summed E-state index contributed by atoms with van der Waals surface area (Å²) in [5.41, 5.74) is 0.664. The number of nitrogens with zero attached hydrogens (tertiary/aromatic N) is 1. The third-order valence-electron chi connectivity index (χ3n) is 3.70. The van der Waals surface area contributed by atoms with Crippen molar-refractivity contribution in [2.24, 2.45) is 5.92 Å². The highest BCUT2D eigenvalue weighted by atomic mass is 16.4. The lowest BCUT2D eigenvalue weighted by Gasteiger charge is -2.38. The molecular weight excluding hydrogens is 254 g/mol. The van der Waals surface area contributed by atoms with Crippen LogP contribution in [-0.2, 0) is 4.79 Å². The molecule has 1 heterocycles. The SMILES string of the molecule is O=C(O)CC1CN(C(=O)c2ccc3ccccc3c2)C1. The van der Waals surface area contributed by atoms with Gasteiger partial charge in [0.2, 0.25) is 0 Å². The molecule has 0 radical (unpaired) electrons. The van der Waals surface area contributed by atoms with Crippen LogP contribution in [0, 0.1) is 5.92 Å². The molecule has 2 aromatic carbocycles. The third kappa shape index (κ3) is 2.37. The number of hydrogen-bond donors (Lipinski definition) is 1. The van der Waals surface area contributed by atoms with Gasteiger partial charge < -0.3 is 10.0 Å². The van der Waals surface area contributed by atoms with E-state index in [1.54, 1.807) is 4.90 Å². The van der Waals surface area contributed by atoms with Crippen LogP contribution in [0.5, 0.6) is 0 Å². The average molecular weight is 269 g/mol. The number of benzene rings is 2. The number of carbonyl (C=O) groups excluding carboxylic acids is 1. The van der Waals surface area contributed by atoms with E-state index in [4.69, 9.17) is 5.11 Å². The monoisotopic (exact) mass is 269 g/mol. The number of carboxylic acids is 1. The molecule has 1 fully saturated rings. The van der Waals surface area contributed by atoms with Gasteiger partial charge in [-0.2, -0.15) is 0 Å². The van der Waals surface area contributed by atoms with Crippen molar-refractivity contribution < 1.29 is 14.7 Å². The molecular formula is C16H15NO3. The zero-order valence-corrected chi connectivity index (χ0v) is 11.0. The highest BCUT2D eigenvalue weighted by molar-refractivity contribution is 5.99. The van der Waals surface area contributed by atoms with Gasteiger partial charge in [-0.3, -0.25) is 9.59 Å².